The van der Waals surface area contributed by atoms with E-state index in [1.54, 1.807) is 47.9 Å². The first-order chi connectivity index (χ1) is 20.6. The van der Waals surface area contributed by atoms with Crippen molar-refractivity contribution in [3.63, 3.8) is 0 Å². The number of fused-ring (bicyclic) bond motifs is 1. The van der Waals surface area contributed by atoms with Crippen LogP contribution in [0, 0.1) is 19.7 Å². The lowest BCUT2D eigenvalue weighted by molar-refractivity contribution is -0.137. The molecule has 7 nitrogen and oxygen atoms in total. The fourth-order valence-electron chi connectivity index (χ4n) is 5.80. The standard InChI is InChI=1S/C32H28F4N6O/c1-20-18-41(19-38-20)29-27(43-3)16-22(17-37-29)8-13-28-39-30-31(14-5-15-42(30)40-28,25-6-4-7-26(33)21(25)2)23-9-11-24(12-10-23)32(34,35)36/h4,6-13,16-19H,5,14-15H2,1-3H3. The van der Waals surface area contributed by atoms with Crippen molar-refractivity contribution in [3.05, 3.63) is 118 Å². The van der Waals surface area contributed by atoms with Crippen LogP contribution in [-0.4, -0.2) is 36.4 Å². The summed E-state index contributed by atoms with van der Waals surface area (Å²) in [5.41, 5.74) is 1.52. The third kappa shape index (κ3) is 5.09. The van der Waals surface area contributed by atoms with Crippen LogP contribution >= 0.6 is 0 Å². The van der Waals surface area contributed by atoms with Gasteiger partial charge in [0.1, 0.15) is 18.0 Å². The lowest BCUT2D eigenvalue weighted by Gasteiger charge is -2.38. The number of alkyl halides is 3. The second-order valence-electron chi connectivity index (χ2n) is 10.6. The molecule has 0 saturated carbocycles. The number of benzene rings is 2. The number of pyridine rings is 1. The van der Waals surface area contributed by atoms with Gasteiger partial charge in [0, 0.05) is 18.9 Å². The van der Waals surface area contributed by atoms with E-state index in [4.69, 9.17) is 14.8 Å². The summed E-state index contributed by atoms with van der Waals surface area (Å²) in [6.07, 6.45) is 5.50. The van der Waals surface area contributed by atoms with Gasteiger partial charge in [-0.2, -0.15) is 18.3 Å². The molecule has 1 aliphatic rings. The van der Waals surface area contributed by atoms with E-state index < -0.39 is 23.0 Å². The van der Waals surface area contributed by atoms with E-state index in [0.717, 1.165) is 23.4 Å². The molecule has 0 spiro atoms. The van der Waals surface area contributed by atoms with E-state index in [1.807, 2.05) is 31.3 Å². The molecule has 4 heterocycles. The Balaban J connectivity index is 1.42. The average molecular weight is 589 g/mol. The Bertz CT molecular complexity index is 1820. The number of halogens is 4. The largest absolute Gasteiger partial charge is 0.493 e. The lowest BCUT2D eigenvalue weighted by atomic mass is 9.68. The minimum Gasteiger partial charge on any atom is -0.493 e. The highest BCUT2D eigenvalue weighted by molar-refractivity contribution is 5.68. The summed E-state index contributed by atoms with van der Waals surface area (Å²) in [5.74, 6) is 1.72. The molecule has 0 saturated heterocycles. The Morgan fingerprint density at radius 3 is 2.51 bits per heavy atom. The molecule has 0 amide bonds. The van der Waals surface area contributed by atoms with Crippen LogP contribution in [0.15, 0.2) is 67.3 Å². The predicted molar refractivity (Wildman–Crippen MR) is 153 cm³/mol. The van der Waals surface area contributed by atoms with Gasteiger partial charge in [0.2, 0.25) is 0 Å². The number of aryl methyl sites for hydroxylation is 2. The van der Waals surface area contributed by atoms with Crippen LogP contribution in [-0.2, 0) is 18.1 Å². The third-order valence-corrected chi connectivity index (χ3v) is 7.88. The third-order valence-electron chi connectivity index (χ3n) is 7.88. The number of methoxy groups -OCH3 is 1. The molecule has 1 unspecified atom stereocenters. The van der Waals surface area contributed by atoms with E-state index >= 15 is 0 Å². The van der Waals surface area contributed by atoms with E-state index in [9.17, 15) is 17.6 Å². The molecule has 1 atom stereocenters. The van der Waals surface area contributed by atoms with Crippen LogP contribution in [0.2, 0.25) is 0 Å². The second-order valence-corrected chi connectivity index (χ2v) is 10.6. The van der Waals surface area contributed by atoms with Crippen molar-refractivity contribution < 1.29 is 22.3 Å². The lowest BCUT2D eigenvalue weighted by Crippen LogP contribution is -2.38. The maximum atomic E-state index is 14.9. The predicted octanol–water partition coefficient (Wildman–Crippen LogP) is 6.94. The molecule has 43 heavy (non-hydrogen) atoms. The Kier molecular flexibility index (Phi) is 7.11. The van der Waals surface area contributed by atoms with Gasteiger partial charge < -0.3 is 4.74 Å². The molecule has 220 valence electrons. The van der Waals surface area contributed by atoms with Crippen LogP contribution in [0.1, 0.15) is 58.0 Å². The van der Waals surface area contributed by atoms with E-state index in [1.165, 1.54) is 18.2 Å². The Hall–Kier alpha value is -4.80. The molecule has 0 N–H and O–H groups in total. The van der Waals surface area contributed by atoms with Crippen molar-refractivity contribution in [2.24, 2.45) is 0 Å². The summed E-state index contributed by atoms with van der Waals surface area (Å²) in [6.45, 7) is 4.14. The SMILES string of the molecule is COc1cc(C=Cc2nc3n(n2)CCCC3(c2ccc(C(F)(F)F)cc2)c2cccc(F)c2C)cnc1-n1cnc(C)c1. The maximum Gasteiger partial charge on any atom is 0.416 e. The van der Waals surface area contributed by atoms with Gasteiger partial charge in [-0.15, -0.1) is 0 Å². The molecule has 0 radical (unpaired) electrons. The van der Waals surface area contributed by atoms with E-state index in [0.29, 0.717) is 59.3 Å². The molecule has 2 aromatic carbocycles. The number of ether oxygens (including phenoxy) is 1. The summed E-state index contributed by atoms with van der Waals surface area (Å²) in [5, 5.41) is 4.71. The minimum atomic E-state index is -4.47. The number of hydrogen-bond donors (Lipinski definition) is 0. The van der Waals surface area contributed by atoms with Crippen molar-refractivity contribution in [1.29, 1.82) is 0 Å². The van der Waals surface area contributed by atoms with Crippen molar-refractivity contribution in [2.45, 2.75) is 44.8 Å². The number of imidazole rings is 1. The Morgan fingerprint density at radius 2 is 1.81 bits per heavy atom. The first-order valence-corrected chi connectivity index (χ1v) is 13.7. The zero-order chi connectivity index (χ0) is 30.4. The van der Waals surface area contributed by atoms with Gasteiger partial charge in [-0.25, -0.2) is 24.0 Å². The van der Waals surface area contributed by atoms with Crippen molar-refractivity contribution >= 4 is 12.2 Å². The quantitative estimate of drug-likeness (QED) is 0.201. The Morgan fingerprint density at radius 1 is 1.02 bits per heavy atom. The number of nitrogens with zero attached hydrogens (tertiary/aromatic N) is 6. The normalized spacial score (nSPS) is 16.9. The summed E-state index contributed by atoms with van der Waals surface area (Å²) in [7, 11) is 1.57. The van der Waals surface area contributed by atoms with Crippen LogP contribution in [0.3, 0.4) is 0 Å². The molecule has 11 heteroatoms. The van der Waals surface area contributed by atoms with Gasteiger partial charge >= 0.3 is 6.18 Å². The van der Waals surface area contributed by atoms with Gasteiger partial charge in [-0.1, -0.05) is 24.3 Å². The van der Waals surface area contributed by atoms with E-state index in [-0.39, 0.29) is 0 Å². The number of rotatable bonds is 6. The fraction of sp³-hybridized carbons (Fsp3) is 0.250. The van der Waals surface area contributed by atoms with Gasteiger partial charge in [0.15, 0.2) is 17.4 Å². The topological polar surface area (TPSA) is 70.7 Å². The van der Waals surface area contributed by atoms with Gasteiger partial charge in [-0.3, -0.25) is 4.57 Å². The van der Waals surface area contributed by atoms with Gasteiger partial charge in [-0.05, 0) is 85.4 Å². The zero-order valence-electron chi connectivity index (χ0n) is 23.7. The second kappa shape index (κ2) is 10.8. The Labute approximate surface area is 245 Å². The molecular weight excluding hydrogens is 560 g/mol. The average Bonchev–Trinajstić information content (AvgIpc) is 3.63. The molecular formula is C32H28F4N6O. The van der Waals surface area contributed by atoms with Crippen LogP contribution < -0.4 is 4.74 Å². The summed E-state index contributed by atoms with van der Waals surface area (Å²) < 4.78 is 64.3. The van der Waals surface area contributed by atoms with Crippen molar-refractivity contribution in [2.75, 3.05) is 7.11 Å². The van der Waals surface area contributed by atoms with Gasteiger partial charge in [0.05, 0.1) is 23.8 Å². The summed E-state index contributed by atoms with van der Waals surface area (Å²) >= 11 is 0. The van der Waals surface area contributed by atoms with Crippen molar-refractivity contribution in [1.82, 2.24) is 29.3 Å². The monoisotopic (exact) mass is 588 g/mol. The molecule has 1 aliphatic heterocycles. The first-order valence-electron chi connectivity index (χ1n) is 13.7. The molecule has 3 aromatic heterocycles. The minimum absolute atomic E-state index is 0.392. The molecule has 0 aliphatic carbocycles. The molecule has 0 fully saturated rings. The number of hydrogen-bond acceptors (Lipinski definition) is 5. The highest BCUT2D eigenvalue weighted by Crippen LogP contribution is 2.47. The smallest absolute Gasteiger partial charge is 0.416 e. The zero-order valence-corrected chi connectivity index (χ0v) is 23.7. The highest BCUT2D eigenvalue weighted by Gasteiger charge is 2.45. The maximum absolute atomic E-state index is 14.9. The van der Waals surface area contributed by atoms with Crippen LogP contribution in [0.4, 0.5) is 17.6 Å². The molecule has 6 rings (SSSR count). The van der Waals surface area contributed by atoms with Crippen LogP contribution in [0.5, 0.6) is 5.75 Å². The molecule has 0 bridgehead atoms. The molecule has 5 aromatic rings. The fourth-order valence-corrected chi connectivity index (χ4v) is 5.80. The van der Waals surface area contributed by atoms with Crippen LogP contribution in [0.25, 0.3) is 18.0 Å². The van der Waals surface area contributed by atoms with Gasteiger partial charge in [0.25, 0.3) is 0 Å². The highest BCUT2D eigenvalue weighted by atomic mass is 19.4. The number of aromatic nitrogens is 6. The van der Waals surface area contributed by atoms with E-state index in [2.05, 4.69) is 9.97 Å². The van der Waals surface area contributed by atoms with Crippen molar-refractivity contribution in [3.8, 4) is 11.6 Å². The summed E-state index contributed by atoms with van der Waals surface area (Å²) in [6, 6.07) is 11.7. The summed E-state index contributed by atoms with van der Waals surface area (Å²) in [4.78, 5) is 13.7. The first kappa shape index (κ1) is 28.3.